The molecule has 1 N–H and O–H groups in total. The molecule has 0 spiro atoms. The molecule has 0 aliphatic rings. The number of hydrogen-bond acceptors (Lipinski definition) is 2. The molecule has 0 saturated carbocycles. The molecule has 0 aliphatic heterocycles. The van der Waals surface area contributed by atoms with Crippen molar-refractivity contribution in [3.05, 3.63) is 63.7 Å². The summed E-state index contributed by atoms with van der Waals surface area (Å²) in [4.78, 5) is 0. The third kappa shape index (κ3) is 2.97. The second-order valence-corrected chi connectivity index (χ2v) is 5.35. The number of hydrogen-bond donors (Lipinski definition) is 1. The Morgan fingerprint density at radius 1 is 1.15 bits per heavy atom. The number of aryl methyl sites for hydroxylation is 1. The van der Waals surface area contributed by atoms with Gasteiger partial charge in [0.1, 0.15) is 5.75 Å². The van der Waals surface area contributed by atoms with Crippen molar-refractivity contribution in [1.82, 2.24) is 0 Å². The van der Waals surface area contributed by atoms with Crippen molar-refractivity contribution < 1.29 is 9.84 Å². The lowest BCUT2D eigenvalue weighted by molar-refractivity contribution is 0.174. The number of benzene rings is 2. The van der Waals surface area contributed by atoms with Crippen molar-refractivity contribution in [1.29, 1.82) is 0 Å². The number of aliphatic hydroxyl groups is 1. The number of ether oxygens (including phenoxy) is 1. The van der Waals surface area contributed by atoms with Crippen molar-refractivity contribution in [2.75, 3.05) is 7.11 Å². The molecule has 0 aromatic heterocycles. The first-order chi connectivity index (χ1) is 9.54. The Hall–Kier alpha value is -1.51. The van der Waals surface area contributed by atoms with Crippen molar-refractivity contribution >= 4 is 11.6 Å². The van der Waals surface area contributed by atoms with E-state index in [9.17, 15) is 5.11 Å². The molecule has 0 bridgehead atoms. The molecule has 2 aromatic carbocycles. The zero-order valence-electron chi connectivity index (χ0n) is 12.0. The van der Waals surface area contributed by atoms with Crippen LogP contribution in [0.2, 0.25) is 5.02 Å². The minimum Gasteiger partial charge on any atom is -0.496 e. The number of halogens is 1. The maximum Gasteiger partial charge on any atom is 0.127 e. The highest BCUT2D eigenvalue weighted by Gasteiger charge is 2.17. The van der Waals surface area contributed by atoms with E-state index in [0.29, 0.717) is 11.4 Å². The quantitative estimate of drug-likeness (QED) is 0.912. The summed E-state index contributed by atoms with van der Waals surface area (Å²) < 4.78 is 5.45. The molecular weight excluding hydrogens is 272 g/mol. The maximum atomic E-state index is 10.5. The molecule has 3 heteroatoms. The van der Waals surface area contributed by atoms with Crippen LogP contribution in [0.5, 0.6) is 5.75 Å². The molecule has 0 amide bonds. The highest BCUT2D eigenvalue weighted by atomic mass is 35.5. The highest BCUT2D eigenvalue weighted by Crippen LogP contribution is 2.33. The van der Waals surface area contributed by atoms with E-state index in [4.69, 9.17) is 16.3 Å². The summed E-state index contributed by atoms with van der Waals surface area (Å²) in [5, 5.41) is 11.2. The summed E-state index contributed by atoms with van der Waals surface area (Å²) >= 11 is 6.14. The second-order valence-electron chi connectivity index (χ2n) is 4.94. The van der Waals surface area contributed by atoms with Crippen molar-refractivity contribution in [3.63, 3.8) is 0 Å². The smallest absolute Gasteiger partial charge is 0.127 e. The number of rotatable bonds is 4. The van der Waals surface area contributed by atoms with Gasteiger partial charge in [0.05, 0.1) is 13.2 Å². The van der Waals surface area contributed by atoms with Gasteiger partial charge in [-0.2, -0.15) is 0 Å². The molecule has 0 aliphatic carbocycles. The molecule has 0 fully saturated rings. The minimum atomic E-state index is -0.635. The Bertz CT molecular complexity index is 608. The average molecular weight is 291 g/mol. The Morgan fingerprint density at radius 2 is 1.85 bits per heavy atom. The third-order valence-electron chi connectivity index (χ3n) is 3.64. The molecule has 1 unspecified atom stereocenters. The van der Waals surface area contributed by atoms with Crippen LogP contribution in [0.1, 0.15) is 28.4 Å². The molecule has 1 atom stereocenters. The fraction of sp³-hybridized carbons (Fsp3) is 0.294. The van der Waals surface area contributed by atoms with E-state index in [1.54, 1.807) is 7.11 Å². The molecule has 2 aromatic rings. The average Bonchev–Trinajstić information content (AvgIpc) is 2.44. The first-order valence-electron chi connectivity index (χ1n) is 6.60. The molecule has 2 nitrogen and oxygen atoms in total. The Labute approximate surface area is 125 Å². The van der Waals surface area contributed by atoms with Crippen LogP contribution in [-0.4, -0.2) is 12.2 Å². The SMILES string of the molecule is COc1c(C(O)Cc2ccccc2Cl)ccc(C)c1C. The normalized spacial score (nSPS) is 12.2. The van der Waals surface area contributed by atoms with Crippen LogP contribution in [0.15, 0.2) is 36.4 Å². The molecule has 106 valence electrons. The molecule has 20 heavy (non-hydrogen) atoms. The second kappa shape index (κ2) is 6.29. The van der Waals surface area contributed by atoms with Crippen LogP contribution >= 0.6 is 11.6 Å². The van der Waals surface area contributed by atoms with Crippen LogP contribution in [0, 0.1) is 13.8 Å². The molecule has 0 radical (unpaired) electrons. The zero-order chi connectivity index (χ0) is 14.7. The van der Waals surface area contributed by atoms with Gasteiger partial charge >= 0.3 is 0 Å². The Kier molecular flexibility index (Phi) is 4.69. The van der Waals surface area contributed by atoms with Crippen LogP contribution in [-0.2, 0) is 6.42 Å². The fourth-order valence-corrected chi connectivity index (χ4v) is 2.54. The number of aliphatic hydroxyl groups excluding tert-OH is 1. The summed E-state index contributed by atoms with van der Waals surface area (Å²) in [6.45, 7) is 4.03. The summed E-state index contributed by atoms with van der Waals surface area (Å²) in [7, 11) is 1.63. The van der Waals surface area contributed by atoms with E-state index < -0.39 is 6.10 Å². The van der Waals surface area contributed by atoms with Gasteiger partial charge in [-0.1, -0.05) is 41.9 Å². The highest BCUT2D eigenvalue weighted by molar-refractivity contribution is 6.31. The molecular formula is C17H19ClO2. The van der Waals surface area contributed by atoms with E-state index in [0.717, 1.165) is 28.0 Å². The van der Waals surface area contributed by atoms with E-state index >= 15 is 0 Å². The van der Waals surface area contributed by atoms with Gasteiger partial charge in [-0.15, -0.1) is 0 Å². The number of methoxy groups -OCH3 is 1. The van der Waals surface area contributed by atoms with E-state index in [1.165, 1.54) is 0 Å². The monoisotopic (exact) mass is 290 g/mol. The van der Waals surface area contributed by atoms with Gasteiger partial charge in [-0.3, -0.25) is 0 Å². The van der Waals surface area contributed by atoms with Gasteiger partial charge < -0.3 is 9.84 Å². The lowest BCUT2D eigenvalue weighted by Crippen LogP contribution is -2.06. The lowest BCUT2D eigenvalue weighted by atomic mass is 9.96. The summed E-state index contributed by atoms with van der Waals surface area (Å²) in [5.41, 5.74) is 3.94. The standard InChI is InChI=1S/C17H19ClO2/c1-11-8-9-14(17(20-3)12(11)2)16(19)10-13-6-4-5-7-15(13)18/h4-9,16,19H,10H2,1-3H3. The first kappa shape index (κ1) is 14.9. The van der Waals surface area contributed by atoms with Crippen molar-refractivity contribution in [3.8, 4) is 5.75 Å². The largest absolute Gasteiger partial charge is 0.496 e. The molecule has 2 rings (SSSR count). The van der Waals surface area contributed by atoms with Gasteiger partial charge in [0.2, 0.25) is 0 Å². The van der Waals surface area contributed by atoms with Gasteiger partial charge in [-0.05, 0) is 36.6 Å². The minimum absolute atomic E-state index is 0.471. The molecule has 0 saturated heterocycles. The van der Waals surface area contributed by atoms with Crippen LogP contribution in [0.25, 0.3) is 0 Å². The van der Waals surface area contributed by atoms with Gasteiger partial charge in [0, 0.05) is 17.0 Å². The van der Waals surface area contributed by atoms with Gasteiger partial charge in [0.25, 0.3) is 0 Å². The van der Waals surface area contributed by atoms with Gasteiger partial charge in [0.15, 0.2) is 0 Å². The van der Waals surface area contributed by atoms with Crippen LogP contribution in [0.3, 0.4) is 0 Å². The maximum absolute atomic E-state index is 10.5. The first-order valence-corrected chi connectivity index (χ1v) is 6.98. The fourth-order valence-electron chi connectivity index (χ4n) is 2.33. The topological polar surface area (TPSA) is 29.5 Å². The van der Waals surface area contributed by atoms with E-state index in [-0.39, 0.29) is 0 Å². The Balaban J connectivity index is 2.32. The summed E-state index contributed by atoms with van der Waals surface area (Å²) in [6, 6.07) is 11.5. The predicted molar refractivity (Wildman–Crippen MR) is 82.6 cm³/mol. The third-order valence-corrected chi connectivity index (χ3v) is 4.01. The molecule has 0 heterocycles. The van der Waals surface area contributed by atoms with Gasteiger partial charge in [-0.25, -0.2) is 0 Å². The zero-order valence-corrected chi connectivity index (χ0v) is 12.7. The lowest BCUT2D eigenvalue weighted by Gasteiger charge is -2.18. The van der Waals surface area contributed by atoms with Crippen LogP contribution in [0.4, 0.5) is 0 Å². The van der Waals surface area contributed by atoms with Crippen LogP contribution < -0.4 is 4.74 Å². The summed E-state index contributed by atoms with van der Waals surface area (Å²) in [5.74, 6) is 0.754. The van der Waals surface area contributed by atoms with Crippen molar-refractivity contribution in [2.45, 2.75) is 26.4 Å². The van der Waals surface area contributed by atoms with E-state index in [1.807, 2.05) is 50.2 Å². The Morgan fingerprint density at radius 3 is 2.50 bits per heavy atom. The van der Waals surface area contributed by atoms with Crippen molar-refractivity contribution in [2.24, 2.45) is 0 Å². The van der Waals surface area contributed by atoms with E-state index in [2.05, 4.69) is 0 Å². The summed E-state index contributed by atoms with van der Waals surface area (Å²) in [6.07, 6.45) is -0.164. The predicted octanol–water partition coefficient (Wildman–Crippen LogP) is 4.24.